The molecule has 186 valence electrons. The maximum absolute atomic E-state index is 11.5. The summed E-state index contributed by atoms with van der Waals surface area (Å²) in [5, 5.41) is 15.6. The van der Waals surface area contributed by atoms with Crippen molar-refractivity contribution >= 4 is 40.5 Å². The maximum atomic E-state index is 11.5. The van der Waals surface area contributed by atoms with E-state index in [1.807, 2.05) is 43.3 Å². The van der Waals surface area contributed by atoms with Crippen LogP contribution in [0.15, 0.2) is 84.9 Å². The summed E-state index contributed by atoms with van der Waals surface area (Å²) in [5.41, 5.74) is 4.36. The first-order chi connectivity index (χ1) is 17.0. The number of ether oxygens (including phenoxy) is 1. The second-order valence-corrected chi connectivity index (χ2v) is 9.16. The number of carboxylic acid groups (broad SMARTS) is 1. The number of carbonyl (C=O) groups is 1. The van der Waals surface area contributed by atoms with Crippen molar-refractivity contribution in [2.24, 2.45) is 0 Å². The van der Waals surface area contributed by atoms with Crippen LogP contribution < -0.4 is 15.0 Å². The van der Waals surface area contributed by atoms with Gasteiger partial charge >= 0.3 is 5.97 Å². The van der Waals surface area contributed by atoms with Crippen LogP contribution in [-0.2, 0) is 0 Å². The fourth-order valence-corrected chi connectivity index (χ4v) is 4.95. The minimum absolute atomic E-state index is 0. The molecule has 6 heteroatoms. The molecule has 0 aliphatic carbocycles. The number of para-hydroxylation sites is 2. The summed E-state index contributed by atoms with van der Waals surface area (Å²) in [6.45, 7) is 5.57. The second kappa shape index (κ2) is 11.0. The topological polar surface area (TPSA) is 61.8 Å². The second-order valence-electron chi connectivity index (χ2n) is 9.16. The van der Waals surface area contributed by atoms with Crippen molar-refractivity contribution in [1.29, 1.82) is 0 Å². The first kappa shape index (κ1) is 25.5. The molecule has 4 aromatic rings. The van der Waals surface area contributed by atoms with Gasteiger partial charge in [0, 0.05) is 11.7 Å². The number of aromatic carboxylic acids is 1. The minimum Gasteiger partial charge on any atom is -0.486 e. The Morgan fingerprint density at radius 3 is 2.61 bits per heavy atom. The predicted octanol–water partition coefficient (Wildman–Crippen LogP) is 6.91. The molecule has 0 saturated heterocycles. The summed E-state index contributed by atoms with van der Waals surface area (Å²) >= 11 is 0. The van der Waals surface area contributed by atoms with E-state index < -0.39 is 5.97 Å². The molecule has 0 aromatic heterocycles. The van der Waals surface area contributed by atoms with Crippen LogP contribution in [0.4, 0.5) is 11.4 Å². The summed E-state index contributed by atoms with van der Waals surface area (Å²) in [5.74, 6) is -0.0495. The molecule has 5 rings (SSSR count). The standard InChI is InChI=1S/C30H30N2O3.ClH/c1-20-18-23(14-15-25(20)30(33)34)32-19-24(35-29-13-6-5-12-28(29)32)16-17-31-21(2)26-11-7-9-22-8-3-4-10-27(22)26;/h3-15,18,21,24,31H,16-17,19H2,1-2H3,(H,33,34);1H/t21-,24?;/m1./s1. The van der Waals surface area contributed by atoms with E-state index in [1.165, 1.54) is 16.3 Å². The smallest absolute Gasteiger partial charge is 0.335 e. The number of hydrogen-bond acceptors (Lipinski definition) is 4. The first-order valence-corrected chi connectivity index (χ1v) is 12.1. The highest BCUT2D eigenvalue weighted by molar-refractivity contribution is 5.90. The van der Waals surface area contributed by atoms with E-state index in [4.69, 9.17) is 4.74 Å². The molecule has 0 spiro atoms. The van der Waals surface area contributed by atoms with E-state index >= 15 is 0 Å². The molecule has 4 aromatic carbocycles. The quantitative estimate of drug-likeness (QED) is 0.287. The van der Waals surface area contributed by atoms with Gasteiger partial charge < -0.3 is 20.1 Å². The number of anilines is 2. The highest BCUT2D eigenvalue weighted by Gasteiger charge is 2.27. The fraction of sp³-hybridized carbons (Fsp3) is 0.233. The van der Waals surface area contributed by atoms with E-state index in [1.54, 1.807) is 6.07 Å². The van der Waals surface area contributed by atoms with E-state index in [0.29, 0.717) is 12.1 Å². The molecule has 0 radical (unpaired) electrons. The zero-order valence-corrected chi connectivity index (χ0v) is 21.3. The van der Waals surface area contributed by atoms with Crippen molar-refractivity contribution in [3.63, 3.8) is 0 Å². The van der Waals surface area contributed by atoms with Crippen LogP contribution in [0.3, 0.4) is 0 Å². The van der Waals surface area contributed by atoms with Gasteiger partial charge in [-0.05, 0) is 79.0 Å². The van der Waals surface area contributed by atoms with Crippen LogP contribution in [0.5, 0.6) is 5.75 Å². The van der Waals surface area contributed by atoms with E-state index in [-0.39, 0.29) is 24.6 Å². The lowest BCUT2D eigenvalue weighted by atomic mass is 9.99. The molecule has 1 unspecified atom stereocenters. The fourth-order valence-electron chi connectivity index (χ4n) is 4.95. The van der Waals surface area contributed by atoms with Crippen LogP contribution in [0.25, 0.3) is 10.8 Å². The van der Waals surface area contributed by atoms with Crippen LogP contribution in [-0.4, -0.2) is 30.3 Å². The molecule has 0 bridgehead atoms. The predicted molar refractivity (Wildman–Crippen MR) is 148 cm³/mol. The third-order valence-electron chi connectivity index (χ3n) is 6.79. The van der Waals surface area contributed by atoms with Crippen molar-refractivity contribution in [3.05, 3.63) is 102 Å². The highest BCUT2D eigenvalue weighted by atomic mass is 35.5. The zero-order chi connectivity index (χ0) is 24.4. The van der Waals surface area contributed by atoms with Gasteiger partial charge in [0.2, 0.25) is 0 Å². The largest absolute Gasteiger partial charge is 0.486 e. The molecule has 1 heterocycles. The van der Waals surface area contributed by atoms with E-state index in [0.717, 1.165) is 35.7 Å². The molecule has 1 aliphatic heterocycles. The number of benzene rings is 4. The normalized spacial score (nSPS) is 15.5. The van der Waals surface area contributed by atoms with E-state index in [2.05, 4.69) is 59.6 Å². The third kappa shape index (κ3) is 5.18. The number of aryl methyl sites for hydroxylation is 1. The van der Waals surface area contributed by atoms with E-state index in [9.17, 15) is 9.90 Å². The molecule has 0 fully saturated rings. The Balaban J connectivity index is 0.00000304. The molecule has 2 atom stereocenters. The van der Waals surface area contributed by atoms with Gasteiger partial charge in [-0.3, -0.25) is 0 Å². The highest BCUT2D eigenvalue weighted by Crippen LogP contribution is 2.39. The summed E-state index contributed by atoms with van der Waals surface area (Å²) in [6, 6.07) is 28.7. The Bertz CT molecular complexity index is 1370. The van der Waals surface area contributed by atoms with Crippen molar-refractivity contribution in [2.75, 3.05) is 18.0 Å². The molecule has 0 amide bonds. The lowest BCUT2D eigenvalue weighted by Crippen LogP contribution is -2.39. The van der Waals surface area contributed by atoms with Gasteiger partial charge in [-0.2, -0.15) is 0 Å². The number of hydrogen-bond donors (Lipinski definition) is 2. The van der Waals surface area contributed by atoms with Crippen molar-refractivity contribution in [2.45, 2.75) is 32.4 Å². The summed E-state index contributed by atoms with van der Waals surface area (Å²) in [6.07, 6.45) is 0.864. The van der Waals surface area contributed by atoms with Gasteiger partial charge in [-0.25, -0.2) is 4.79 Å². The van der Waals surface area contributed by atoms with Crippen LogP contribution in [0.2, 0.25) is 0 Å². The average molecular weight is 503 g/mol. The summed E-state index contributed by atoms with van der Waals surface area (Å²) < 4.78 is 6.36. The van der Waals surface area contributed by atoms with Crippen molar-refractivity contribution in [1.82, 2.24) is 5.32 Å². The molecule has 0 saturated carbocycles. The van der Waals surface area contributed by atoms with Crippen LogP contribution >= 0.6 is 12.4 Å². The lowest BCUT2D eigenvalue weighted by Gasteiger charge is -2.36. The number of rotatable bonds is 7. The van der Waals surface area contributed by atoms with Crippen molar-refractivity contribution < 1.29 is 14.6 Å². The number of halogens is 1. The van der Waals surface area contributed by atoms with Crippen LogP contribution in [0, 0.1) is 6.92 Å². The van der Waals surface area contributed by atoms with Gasteiger partial charge in [0.05, 0.1) is 17.8 Å². The molecule has 5 nitrogen and oxygen atoms in total. The molecule has 2 N–H and O–H groups in total. The number of fused-ring (bicyclic) bond motifs is 2. The third-order valence-corrected chi connectivity index (χ3v) is 6.79. The molecular formula is C30H31ClN2O3. The average Bonchev–Trinajstić information content (AvgIpc) is 2.87. The van der Waals surface area contributed by atoms with Gasteiger partial charge in [-0.1, -0.05) is 54.6 Å². The van der Waals surface area contributed by atoms with Gasteiger partial charge in [0.25, 0.3) is 0 Å². The summed E-state index contributed by atoms with van der Waals surface area (Å²) in [7, 11) is 0. The minimum atomic E-state index is -0.902. The molecule has 1 aliphatic rings. The Kier molecular flexibility index (Phi) is 7.82. The number of nitrogens with zero attached hydrogens (tertiary/aromatic N) is 1. The van der Waals surface area contributed by atoms with Crippen LogP contribution in [0.1, 0.15) is 40.9 Å². The summed E-state index contributed by atoms with van der Waals surface area (Å²) in [4.78, 5) is 13.7. The maximum Gasteiger partial charge on any atom is 0.335 e. The van der Waals surface area contributed by atoms with Gasteiger partial charge in [0.15, 0.2) is 0 Å². The SMILES string of the molecule is Cc1cc(N2CC(CCN[C@H](C)c3cccc4ccccc34)Oc3ccccc32)ccc1C(=O)O.Cl. The number of nitrogens with one attached hydrogen (secondary N) is 1. The van der Waals surface area contributed by atoms with Gasteiger partial charge in [-0.15, -0.1) is 12.4 Å². The van der Waals surface area contributed by atoms with Crippen molar-refractivity contribution in [3.8, 4) is 5.75 Å². The number of carboxylic acids is 1. The lowest BCUT2D eigenvalue weighted by molar-refractivity contribution is 0.0696. The Morgan fingerprint density at radius 2 is 1.81 bits per heavy atom. The Hall–Kier alpha value is -3.54. The Morgan fingerprint density at radius 1 is 1.06 bits per heavy atom. The Labute approximate surface area is 218 Å². The first-order valence-electron chi connectivity index (χ1n) is 12.1. The monoisotopic (exact) mass is 502 g/mol. The van der Waals surface area contributed by atoms with Gasteiger partial charge in [0.1, 0.15) is 11.9 Å². The zero-order valence-electron chi connectivity index (χ0n) is 20.5. The molecule has 36 heavy (non-hydrogen) atoms. The molecular weight excluding hydrogens is 472 g/mol.